The summed E-state index contributed by atoms with van der Waals surface area (Å²) in [4.78, 5) is 13.9. The lowest BCUT2D eigenvalue weighted by Crippen LogP contribution is -2.28. The highest BCUT2D eigenvalue weighted by Gasteiger charge is 2.21. The summed E-state index contributed by atoms with van der Waals surface area (Å²) in [6.07, 6.45) is 3.69. The SMILES string of the molecule is COc1ccc(/C=C(\C#N)C(=O)N2CCCC2)cc1C. The summed E-state index contributed by atoms with van der Waals surface area (Å²) >= 11 is 0. The molecule has 0 bridgehead atoms. The molecule has 1 aromatic carbocycles. The first-order valence-electron chi connectivity index (χ1n) is 6.71. The van der Waals surface area contributed by atoms with Crippen LogP contribution in [0.3, 0.4) is 0 Å². The predicted octanol–water partition coefficient (Wildman–Crippen LogP) is 2.53. The number of ether oxygens (including phenoxy) is 1. The van der Waals surface area contributed by atoms with Gasteiger partial charge in [-0.1, -0.05) is 6.07 Å². The summed E-state index contributed by atoms with van der Waals surface area (Å²) < 4.78 is 5.20. The molecular weight excluding hydrogens is 252 g/mol. The van der Waals surface area contributed by atoms with Crippen molar-refractivity contribution in [2.45, 2.75) is 19.8 Å². The number of amides is 1. The highest BCUT2D eigenvalue weighted by atomic mass is 16.5. The number of rotatable bonds is 3. The van der Waals surface area contributed by atoms with Crippen LogP contribution >= 0.6 is 0 Å². The van der Waals surface area contributed by atoms with Gasteiger partial charge in [0.05, 0.1) is 7.11 Å². The molecule has 0 spiro atoms. The van der Waals surface area contributed by atoms with E-state index in [0.29, 0.717) is 0 Å². The van der Waals surface area contributed by atoms with Crippen LogP contribution < -0.4 is 4.74 Å². The van der Waals surface area contributed by atoms with Crippen LogP contribution in [0.1, 0.15) is 24.0 Å². The number of carbonyl (C=O) groups is 1. The van der Waals surface area contributed by atoms with Gasteiger partial charge in [0.25, 0.3) is 5.91 Å². The zero-order valence-corrected chi connectivity index (χ0v) is 11.8. The van der Waals surface area contributed by atoms with Gasteiger partial charge in [-0.25, -0.2) is 0 Å². The Morgan fingerprint density at radius 3 is 2.65 bits per heavy atom. The fourth-order valence-electron chi connectivity index (χ4n) is 2.39. The largest absolute Gasteiger partial charge is 0.496 e. The lowest BCUT2D eigenvalue weighted by atomic mass is 10.1. The second-order valence-corrected chi connectivity index (χ2v) is 4.90. The monoisotopic (exact) mass is 270 g/mol. The molecule has 1 aliphatic heterocycles. The molecule has 4 nitrogen and oxygen atoms in total. The zero-order valence-electron chi connectivity index (χ0n) is 11.8. The van der Waals surface area contributed by atoms with E-state index in [-0.39, 0.29) is 11.5 Å². The fraction of sp³-hybridized carbons (Fsp3) is 0.375. The molecule has 20 heavy (non-hydrogen) atoms. The van der Waals surface area contributed by atoms with Crippen LogP contribution in [0.5, 0.6) is 5.75 Å². The number of aryl methyl sites for hydroxylation is 1. The first-order valence-corrected chi connectivity index (χ1v) is 6.71. The molecule has 1 aromatic rings. The Morgan fingerprint density at radius 1 is 1.40 bits per heavy atom. The van der Waals surface area contributed by atoms with Crippen molar-refractivity contribution in [3.05, 3.63) is 34.9 Å². The molecule has 0 unspecified atom stereocenters. The topological polar surface area (TPSA) is 53.3 Å². The highest BCUT2D eigenvalue weighted by Crippen LogP contribution is 2.21. The van der Waals surface area contributed by atoms with Crippen LogP contribution in [0, 0.1) is 18.3 Å². The highest BCUT2D eigenvalue weighted by molar-refractivity contribution is 6.01. The van der Waals surface area contributed by atoms with Crippen LogP contribution in [0.15, 0.2) is 23.8 Å². The van der Waals surface area contributed by atoms with Crippen molar-refractivity contribution in [1.82, 2.24) is 4.90 Å². The Kier molecular flexibility index (Phi) is 4.41. The van der Waals surface area contributed by atoms with Crippen LogP contribution in [0.2, 0.25) is 0 Å². The molecule has 1 aliphatic rings. The molecule has 1 saturated heterocycles. The quantitative estimate of drug-likeness (QED) is 0.626. The van der Waals surface area contributed by atoms with Crippen LogP contribution in [0.4, 0.5) is 0 Å². The van der Waals surface area contributed by atoms with Gasteiger partial charge < -0.3 is 9.64 Å². The molecule has 0 N–H and O–H groups in total. The number of hydrogen-bond donors (Lipinski definition) is 0. The maximum atomic E-state index is 12.2. The fourth-order valence-corrected chi connectivity index (χ4v) is 2.39. The Hall–Kier alpha value is -2.28. The summed E-state index contributed by atoms with van der Waals surface area (Å²) in [5.74, 6) is 0.630. The summed E-state index contributed by atoms with van der Waals surface area (Å²) in [6, 6.07) is 7.62. The normalized spacial score (nSPS) is 15.1. The molecule has 0 aliphatic carbocycles. The maximum Gasteiger partial charge on any atom is 0.264 e. The summed E-state index contributed by atoms with van der Waals surface area (Å²) in [6.45, 7) is 3.43. The number of nitriles is 1. The molecule has 0 saturated carbocycles. The number of nitrogens with zero attached hydrogens (tertiary/aromatic N) is 2. The Balaban J connectivity index is 2.24. The molecule has 1 amide bonds. The van der Waals surface area contributed by atoms with Crippen molar-refractivity contribution in [2.24, 2.45) is 0 Å². The van der Waals surface area contributed by atoms with Crippen molar-refractivity contribution in [1.29, 1.82) is 5.26 Å². The number of benzene rings is 1. The third kappa shape index (κ3) is 3.00. The molecule has 0 atom stereocenters. The molecule has 0 radical (unpaired) electrons. The molecule has 2 rings (SSSR count). The molecule has 104 valence electrons. The van der Waals surface area contributed by atoms with E-state index in [1.807, 2.05) is 31.2 Å². The van der Waals surface area contributed by atoms with Crippen LogP contribution in [0.25, 0.3) is 6.08 Å². The Bertz CT molecular complexity index is 579. The summed E-state index contributed by atoms with van der Waals surface area (Å²) in [7, 11) is 1.62. The van der Waals surface area contributed by atoms with Crippen molar-refractivity contribution >= 4 is 12.0 Å². The number of hydrogen-bond acceptors (Lipinski definition) is 3. The summed E-state index contributed by atoms with van der Waals surface area (Å²) in [5.41, 5.74) is 2.01. The minimum absolute atomic E-state index is 0.168. The smallest absolute Gasteiger partial charge is 0.264 e. The number of methoxy groups -OCH3 is 1. The first kappa shape index (κ1) is 14.1. The second kappa shape index (κ2) is 6.25. The molecule has 4 heteroatoms. The van der Waals surface area contributed by atoms with Gasteiger partial charge >= 0.3 is 0 Å². The average Bonchev–Trinajstić information content (AvgIpc) is 2.98. The average molecular weight is 270 g/mol. The standard InChI is InChI=1S/C16H18N2O2/c1-12-9-13(5-6-15(12)20-2)10-14(11-17)16(19)18-7-3-4-8-18/h5-6,9-10H,3-4,7-8H2,1-2H3/b14-10+. The van der Waals surface area contributed by atoms with Gasteiger partial charge in [0.1, 0.15) is 17.4 Å². The van der Waals surface area contributed by atoms with E-state index >= 15 is 0 Å². The van der Waals surface area contributed by atoms with Crippen molar-refractivity contribution in [3.8, 4) is 11.8 Å². The number of likely N-dealkylation sites (tertiary alicyclic amines) is 1. The van der Waals surface area contributed by atoms with E-state index in [9.17, 15) is 10.1 Å². The first-order chi connectivity index (χ1) is 9.65. The van der Waals surface area contributed by atoms with E-state index < -0.39 is 0 Å². The van der Waals surface area contributed by atoms with Gasteiger partial charge in [-0.2, -0.15) is 5.26 Å². The van der Waals surface area contributed by atoms with E-state index in [1.165, 1.54) is 0 Å². The third-order valence-corrected chi connectivity index (χ3v) is 3.47. The zero-order chi connectivity index (χ0) is 14.5. The van der Waals surface area contributed by atoms with Gasteiger partial charge in [0.2, 0.25) is 0 Å². The minimum Gasteiger partial charge on any atom is -0.496 e. The molecule has 1 heterocycles. The van der Waals surface area contributed by atoms with Gasteiger partial charge in [-0.3, -0.25) is 4.79 Å². The number of carbonyl (C=O) groups excluding carboxylic acids is 1. The predicted molar refractivity (Wildman–Crippen MR) is 77.1 cm³/mol. The van der Waals surface area contributed by atoms with E-state index in [4.69, 9.17) is 4.74 Å². The van der Waals surface area contributed by atoms with Crippen LogP contribution in [-0.2, 0) is 4.79 Å². The molecule has 0 aromatic heterocycles. The summed E-state index contributed by atoms with van der Waals surface area (Å²) in [5, 5.41) is 9.20. The Labute approximate surface area is 119 Å². The Morgan fingerprint density at radius 2 is 2.10 bits per heavy atom. The van der Waals surface area contributed by atoms with Gasteiger partial charge in [0.15, 0.2) is 0 Å². The van der Waals surface area contributed by atoms with Gasteiger partial charge in [0, 0.05) is 13.1 Å². The molecule has 1 fully saturated rings. The van der Waals surface area contributed by atoms with Gasteiger partial charge in [-0.15, -0.1) is 0 Å². The second-order valence-electron chi connectivity index (χ2n) is 4.90. The van der Waals surface area contributed by atoms with E-state index in [1.54, 1.807) is 18.1 Å². The van der Waals surface area contributed by atoms with Crippen molar-refractivity contribution in [3.63, 3.8) is 0 Å². The lowest BCUT2D eigenvalue weighted by Gasteiger charge is -2.14. The minimum atomic E-state index is -0.168. The van der Waals surface area contributed by atoms with E-state index in [0.717, 1.165) is 42.8 Å². The van der Waals surface area contributed by atoms with Crippen molar-refractivity contribution < 1.29 is 9.53 Å². The molecular formula is C16H18N2O2. The van der Waals surface area contributed by atoms with E-state index in [2.05, 4.69) is 0 Å². The van der Waals surface area contributed by atoms with Gasteiger partial charge in [-0.05, 0) is 49.1 Å². The maximum absolute atomic E-state index is 12.2. The third-order valence-electron chi connectivity index (χ3n) is 3.47. The van der Waals surface area contributed by atoms with Crippen LogP contribution in [-0.4, -0.2) is 31.0 Å². The van der Waals surface area contributed by atoms with Crippen molar-refractivity contribution in [2.75, 3.05) is 20.2 Å². The lowest BCUT2D eigenvalue weighted by molar-refractivity contribution is -0.125.